The molecule has 0 radical (unpaired) electrons. The van der Waals surface area contributed by atoms with E-state index in [1.54, 1.807) is 13.8 Å². The first-order valence-corrected chi connectivity index (χ1v) is 7.44. The van der Waals surface area contributed by atoms with Crippen molar-refractivity contribution >= 4 is 11.9 Å². The first-order chi connectivity index (χ1) is 9.90. The number of carbonyl (C=O) groups is 2. The third-order valence-electron chi connectivity index (χ3n) is 2.19. The number of rotatable bonds is 7. The van der Waals surface area contributed by atoms with Gasteiger partial charge in [0.25, 0.3) is 0 Å². The van der Waals surface area contributed by atoms with Gasteiger partial charge in [0.2, 0.25) is 0 Å². The SMILES string of the molecule is C=C(C)C(=O)OC.C=CC(=O)OCC.CCCCCCC. The summed E-state index contributed by atoms with van der Waals surface area (Å²) >= 11 is 0. The average molecular weight is 300 g/mol. The average Bonchev–Trinajstić information content (AvgIpc) is 2.48. The second kappa shape index (κ2) is 20.7. The molecule has 4 nitrogen and oxygen atoms in total. The highest BCUT2D eigenvalue weighted by molar-refractivity contribution is 5.86. The molecule has 0 saturated carbocycles. The Balaban J connectivity index is -0.000000231. The van der Waals surface area contributed by atoms with E-state index >= 15 is 0 Å². The van der Waals surface area contributed by atoms with E-state index in [-0.39, 0.29) is 11.9 Å². The van der Waals surface area contributed by atoms with Crippen LogP contribution in [0.3, 0.4) is 0 Å². The lowest BCUT2D eigenvalue weighted by atomic mass is 10.2. The van der Waals surface area contributed by atoms with Crippen molar-refractivity contribution in [3.63, 3.8) is 0 Å². The molecule has 0 aliphatic carbocycles. The fourth-order valence-corrected chi connectivity index (χ4v) is 1.05. The number of esters is 2. The maximum absolute atomic E-state index is 10.2. The third-order valence-corrected chi connectivity index (χ3v) is 2.19. The van der Waals surface area contributed by atoms with E-state index in [2.05, 4.69) is 36.5 Å². The van der Waals surface area contributed by atoms with Gasteiger partial charge in [-0.2, -0.15) is 0 Å². The van der Waals surface area contributed by atoms with Gasteiger partial charge in [0.05, 0.1) is 13.7 Å². The van der Waals surface area contributed by atoms with Crippen molar-refractivity contribution in [1.29, 1.82) is 0 Å². The minimum atomic E-state index is -0.359. The van der Waals surface area contributed by atoms with Gasteiger partial charge in [-0.1, -0.05) is 59.1 Å². The Labute approximate surface area is 130 Å². The molecular weight excluding hydrogens is 268 g/mol. The van der Waals surface area contributed by atoms with Crippen molar-refractivity contribution in [3.05, 3.63) is 24.8 Å². The van der Waals surface area contributed by atoms with Crippen LogP contribution in [0.2, 0.25) is 0 Å². The van der Waals surface area contributed by atoms with Gasteiger partial charge in [-0.25, -0.2) is 9.59 Å². The van der Waals surface area contributed by atoms with Crippen molar-refractivity contribution in [3.8, 4) is 0 Å². The summed E-state index contributed by atoms with van der Waals surface area (Å²) < 4.78 is 8.71. The standard InChI is InChI=1S/C7H16.2C5H8O2/c1-3-5-7-6-4-2;1-4(2)5(6)7-3;1-3-5(6)7-4-2/h3-7H2,1-2H3;1H2,2-3H3;3H,1,4H2,2H3. The van der Waals surface area contributed by atoms with Crippen LogP contribution in [0, 0.1) is 0 Å². The quantitative estimate of drug-likeness (QED) is 0.396. The number of carbonyl (C=O) groups excluding carboxylic acids is 2. The van der Waals surface area contributed by atoms with E-state index < -0.39 is 0 Å². The van der Waals surface area contributed by atoms with Gasteiger partial charge in [0, 0.05) is 11.6 Å². The molecule has 0 aliphatic rings. The predicted molar refractivity (Wildman–Crippen MR) is 88.1 cm³/mol. The van der Waals surface area contributed by atoms with Gasteiger partial charge in [0.15, 0.2) is 0 Å². The zero-order valence-corrected chi connectivity index (χ0v) is 14.4. The number of unbranched alkanes of at least 4 members (excludes halogenated alkanes) is 4. The molecule has 0 spiro atoms. The van der Waals surface area contributed by atoms with Crippen molar-refractivity contribution in [2.24, 2.45) is 0 Å². The highest BCUT2D eigenvalue weighted by atomic mass is 16.5. The topological polar surface area (TPSA) is 52.6 Å². The molecular formula is C17H32O4. The highest BCUT2D eigenvalue weighted by Gasteiger charge is 1.95. The number of hydrogen-bond donors (Lipinski definition) is 0. The van der Waals surface area contributed by atoms with Crippen LogP contribution in [0.4, 0.5) is 0 Å². The van der Waals surface area contributed by atoms with E-state index in [0.717, 1.165) is 6.08 Å². The van der Waals surface area contributed by atoms with Gasteiger partial charge in [0.1, 0.15) is 0 Å². The predicted octanol–water partition coefficient (Wildman–Crippen LogP) is 4.45. The molecule has 0 heterocycles. The van der Waals surface area contributed by atoms with Crippen molar-refractivity contribution in [2.75, 3.05) is 13.7 Å². The minimum Gasteiger partial charge on any atom is -0.466 e. The maximum Gasteiger partial charge on any atom is 0.332 e. The molecule has 0 aromatic rings. The molecule has 0 aromatic heterocycles. The third kappa shape index (κ3) is 27.6. The largest absolute Gasteiger partial charge is 0.466 e. The molecule has 0 atom stereocenters. The molecule has 0 aliphatic heterocycles. The van der Waals surface area contributed by atoms with Crippen molar-refractivity contribution in [2.45, 2.75) is 59.8 Å². The first kappa shape index (κ1) is 24.4. The van der Waals surface area contributed by atoms with Crippen molar-refractivity contribution < 1.29 is 19.1 Å². The Hall–Kier alpha value is -1.58. The van der Waals surface area contributed by atoms with E-state index in [0.29, 0.717) is 12.2 Å². The van der Waals surface area contributed by atoms with Gasteiger partial charge in [-0.3, -0.25) is 0 Å². The lowest BCUT2D eigenvalue weighted by molar-refractivity contribution is -0.137. The zero-order chi connectivity index (χ0) is 17.1. The lowest BCUT2D eigenvalue weighted by Crippen LogP contribution is -1.98. The van der Waals surface area contributed by atoms with Crippen LogP contribution in [-0.2, 0) is 19.1 Å². The summed E-state index contributed by atoms with van der Waals surface area (Å²) in [6.45, 7) is 14.8. The van der Waals surface area contributed by atoms with Crippen LogP contribution >= 0.6 is 0 Å². The molecule has 21 heavy (non-hydrogen) atoms. The van der Waals surface area contributed by atoms with Gasteiger partial charge in [-0.15, -0.1) is 0 Å². The summed E-state index contributed by atoms with van der Waals surface area (Å²) in [5.74, 6) is -0.706. The monoisotopic (exact) mass is 300 g/mol. The Morgan fingerprint density at radius 2 is 1.52 bits per heavy atom. The smallest absolute Gasteiger partial charge is 0.332 e. The normalized spacial score (nSPS) is 8.24. The molecule has 0 unspecified atom stereocenters. The fourth-order valence-electron chi connectivity index (χ4n) is 1.05. The van der Waals surface area contributed by atoms with Crippen LogP contribution in [0.15, 0.2) is 24.8 Å². The molecule has 4 heteroatoms. The van der Waals surface area contributed by atoms with Gasteiger partial charge < -0.3 is 9.47 Å². The Morgan fingerprint density at radius 1 is 1.05 bits per heavy atom. The van der Waals surface area contributed by atoms with Crippen LogP contribution in [0.5, 0.6) is 0 Å². The highest BCUT2D eigenvalue weighted by Crippen LogP contribution is 2.00. The number of methoxy groups -OCH3 is 1. The molecule has 0 bridgehead atoms. The number of ether oxygens (including phenoxy) is 2. The minimum absolute atomic E-state index is 0.347. The summed E-state index contributed by atoms with van der Waals surface area (Å²) in [7, 11) is 1.33. The van der Waals surface area contributed by atoms with Crippen molar-refractivity contribution in [1.82, 2.24) is 0 Å². The molecule has 0 rings (SSSR count). The Morgan fingerprint density at radius 3 is 1.67 bits per heavy atom. The van der Waals surface area contributed by atoms with E-state index in [9.17, 15) is 9.59 Å². The molecule has 124 valence electrons. The van der Waals surface area contributed by atoms with Gasteiger partial charge in [-0.05, 0) is 13.8 Å². The van der Waals surface area contributed by atoms with Crippen LogP contribution in [0.1, 0.15) is 59.8 Å². The first-order valence-electron chi connectivity index (χ1n) is 7.44. The molecule has 0 N–H and O–H groups in total. The van der Waals surface area contributed by atoms with Crippen LogP contribution in [-0.4, -0.2) is 25.7 Å². The fraction of sp³-hybridized carbons (Fsp3) is 0.647. The molecule has 0 amide bonds. The summed E-state index contributed by atoms with van der Waals surface area (Å²) in [5, 5.41) is 0. The summed E-state index contributed by atoms with van der Waals surface area (Å²) in [6, 6.07) is 0. The molecule has 0 aromatic carbocycles. The summed E-state index contributed by atoms with van der Waals surface area (Å²) in [5.41, 5.74) is 0.433. The van der Waals surface area contributed by atoms with E-state index in [1.807, 2.05) is 0 Å². The second-order valence-corrected chi connectivity index (χ2v) is 4.29. The molecule has 0 fully saturated rings. The Kier molecular flexibility index (Phi) is 24.1. The lowest BCUT2D eigenvalue weighted by Gasteiger charge is -1.91. The van der Waals surface area contributed by atoms with Gasteiger partial charge >= 0.3 is 11.9 Å². The molecule has 0 saturated heterocycles. The second-order valence-electron chi connectivity index (χ2n) is 4.29. The number of hydrogen-bond acceptors (Lipinski definition) is 4. The maximum atomic E-state index is 10.2. The van der Waals surface area contributed by atoms with Crippen LogP contribution in [0.25, 0.3) is 0 Å². The Bertz CT molecular complexity index is 277. The summed E-state index contributed by atoms with van der Waals surface area (Å²) in [6.07, 6.45) is 8.15. The summed E-state index contributed by atoms with van der Waals surface area (Å²) in [4.78, 5) is 20.3. The van der Waals surface area contributed by atoms with E-state index in [4.69, 9.17) is 0 Å². The zero-order valence-electron chi connectivity index (χ0n) is 14.4. The van der Waals surface area contributed by atoms with E-state index in [1.165, 1.54) is 39.2 Å². The van der Waals surface area contributed by atoms with Crippen LogP contribution < -0.4 is 0 Å².